The smallest absolute Gasteiger partial charge is 0.210 e. The molecule has 1 aromatic heterocycles. The first-order valence-corrected chi connectivity index (χ1v) is 6.85. The molecule has 0 aromatic carbocycles. The summed E-state index contributed by atoms with van der Waals surface area (Å²) in [6.07, 6.45) is 3.19. The minimum absolute atomic E-state index is 0.189. The molecule has 3 rings (SSSR count). The van der Waals surface area contributed by atoms with Crippen LogP contribution < -0.4 is 0 Å². The van der Waals surface area contributed by atoms with Gasteiger partial charge in [-0.15, -0.1) is 11.3 Å². The van der Waals surface area contributed by atoms with E-state index in [9.17, 15) is 4.79 Å². The van der Waals surface area contributed by atoms with Crippen molar-refractivity contribution in [3.63, 3.8) is 0 Å². The maximum Gasteiger partial charge on any atom is 0.210 e. The average Bonchev–Trinajstić information content (AvgIpc) is 2.83. The molecule has 0 unspecified atom stereocenters. The normalized spacial score (nSPS) is 23.6. The van der Waals surface area contributed by atoms with Gasteiger partial charge in [0.25, 0.3) is 0 Å². The van der Waals surface area contributed by atoms with E-state index in [4.69, 9.17) is 9.47 Å². The lowest BCUT2D eigenvalue weighted by molar-refractivity contribution is -0.152. The number of ether oxygens (including phenoxy) is 2. The zero-order chi connectivity index (χ0) is 11.9. The van der Waals surface area contributed by atoms with Gasteiger partial charge in [0.2, 0.25) is 5.79 Å². The minimum Gasteiger partial charge on any atom is -0.342 e. The Labute approximate surface area is 104 Å². The maximum atomic E-state index is 12.0. The van der Waals surface area contributed by atoms with Crippen LogP contribution in [0.1, 0.15) is 41.7 Å². The Balaban J connectivity index is 1.80. The molecule has 1 saturated heterocycles. The van der Waals surface area contributed by atoms with Crippen LogP contribution >= 0.6 is 11.3 Å². The number of hydrogen-bond acceptors (Lipinski definition) is 5. The van der Waals surface area contributed by atoms with E-state index in [1.54, 1.807) is 0 Å². The zero-order valence-corrected chi connectivity index (χ0v) is 10.6. The van der Waals surface area contributed by atoms with Gasteiger partial charge < -0.3 is 9.47 Å². The Bertz CT molecular complexity index is 433. The van der Waals surface area contributed by atoms with Crippen molar-refractivity contribution in [3.8, 4) is 0 Å². The molecule has 0 N–H and O–H groups in total. The van der Waals surface area contributed by atoms with Gasteiger partial charge in [-0.3, -0.25) is 4.79 Å². The summed E-state index contributed by atoms with van der Waals surface area (Å²) in [4.78, 5) is 16.4. The van der Waals surface area contributed by atoms with Gasteiger partial charge in [0.1, 0.15) is 5.69 Å². The lowest BCUT2D eigenvalue weighted by atomic mass is 9.82. The highest BCUT2D eigenvalue weighted by Gasteiger charge is 2.37. The Morgan fingerprint density at radius 3 is 2.76 bits per heavy atom. The Morgan fingerprint density at radius 1 is 1.47 bits per heavy atom. The summed E-state index contributed by atoms with van der Waals surface area (Å²) in [5.41, 5.74) is 0.725. The van der Waals surface area contributed by atoms with Gasteiger partial charge in [-0.2, -0.15) is 0 Å². The molecule has 2 heterocycles. The summed E-state index contributed by atoms with van der Waals surface area (Å²) in [5.74, 6) is -0.365. The van der Waals surface area contributed by atoms with E-state index in [1.165, 1.54) is 17.8 Å². The Hall–Kier alpha value is -0.780. The quantitative estimate of drug-likeness (QED) is 0.776. The Kier molecular flexibility index (Phi) is 2.77. The summed E-state index contributed by atoms with van der Waals surface area (Å²) < 4.78 is 11.1. The minimum atomic E-state index is -0.755. The molecular weight excluding hydrogens is 238 g/mol. The van der Waals surface area contributed by atoms with Crippen LogP contribution in [0.2, 0.25) is 0 Å². The van der Waals surface area contributed by atoms with E-state index in [0.717, 1.165) is 18.5 Å². The van der Waals surface area contributed by atoms with Crippen LogP contribution in [0.4, 0.5) is 0 Å². The number of rotatable bonds is 3. The van der Waals surface area contributed by atoms with Crippen LogP contribution in [-0.4, -0.2) is 24.0 Å². The van der Waals surface area contributed by atoms with Gasteiger partial charge in [0.05, 0.1) is 13.2 Å². The van der Waals surface area contributed by atoms with E-state index in [-0.39, 0.29) is 11.7 Å². The van der Waals surface area contributed by atoms with Crippen LogP contribution in [0.3, 0.4) is 0 Å². The molecule has 0 atom stereocenters. The first kappa shape index (κ1) is 11.3. The molecule has 4 nitrogen and oxygen atoms in total. The largest absolute Gasteiger partial charge is 0.342 e. The maximum absolute atomic E-state index is 12.0. The summed E-state index contributed by atoms with van der Waals surface area (Å²) in [6, 6.07) is 0. The van der Waals surface area contributed by atoms with Crippen LogP contribution in [0.15, 0.2) is 5.38 Å². The molecule has 0 radical (unpaired) electrons. The third-order valence-corrected chi connectivity index (χ3v) is 4.35. The van der Waals surface area contributed by atoms with E-state index in [0.29, 0.717) is 18.2 Å². The highest BCUT2D eigenvalue weighted by atomic mass is 32.1. The third kappa shape index (κ3) is 1.92. The summed E-state index contributed by atoms with van der Waals surface area (Å²) in [5, 5.41) is 2.47. The topological polar surface area (TPSA) is 48.4 Å². The van der Waals surface area contributed by atoms with Crippen LogP contribution in [0, 0.1) is 5.92 Å². The van der Waals surface area contributed by atoms with Crippen molar-refractivity contribution in [2.24, 2.45) is 5.92 Å². The number of carbonyl (C=O) groups is 1. The standard InChI is InChI=1S/C12H15NO3S/c1-12(15-5-6-16-12)9-7-17-11(13-9)10(14)8-3-2-4-8/h7-8H,2-6H2,1H3. The molecule has 2 fully saturated rings. The molecular formula is C12H15NO3S. The fraction of sp³-hybridized carbons (Fsp3) is 0.667. The molecule has 0 bridgehead atoms. The van der Waals surface area contributed by atoms with Gasteiger partial charge in [-0.25, -0.2) is 4.98 Å². The van der Waals surface area contributed by atoms with Crippen LogP contribution in [0.25, 0.3) is 0 Å². The average molecular weight is 253 g/mol. The van der Waals surface area contributed by atoms with E-state index in [1.807, 2.05) is 12.3 Å². The molecule has 92 valence electrons. The van der Waals surface area contributed by atoms with Crippen LogP contribution in [-0.2, 0) is 15.3 Å². The fourth-order valence-corrected chi connectivity index (χ4v) is 3.03. The molecule has 0 amide bonds. The third-order valence-electron chi connectivity index (χ3n) is 3.49. The van der Waals surface area contributed by atoms with Crippen molar-refractivity contribution in [3.05, 3.63) is 16.1 Å². The fourth-order valence-electron chi connectivity index (χ4n) is 2.10. The van der Waals surface area contributed by atoms with Gasteiger partial charge in [-0.1, -0.05) is 6.42 Å². The number of thiazole rings is 1. The van der Waals surface area contributed by atoms with Gasteiger partial charge in [0, 0.05) is 11.3 Å². The number of carbonyl (C=O) groups excluding carboxylic acids is 1. The predicted molar refractivity (Wildman–Crippen MR) is 63.0 cm³/mol. The SMILES string of the molecule is CC1(c2csc(C(=O)C3CCC3)n2)OCCO1. The molecule has 1 aliphatic heterocycles. The van der Waals surface area contributed by atoms with Crippen molar-refractivity contribution in [2.45, 2.75) is 32.0 Å². The molecule has 1 saturated carbocycles. The van der Waals surface area contributed by atoms with E-state index >= 15 is 0 Å². The van der Waals surface area contributed by atoms with Crippen molar-refractivity contribution >= 4 is 17.1 Å². The first-order chi connectivity index (χ1) is 8.19. The van der Waals surface area contributed by atoms with Crippen molar-refractivity contribution in [2.75, 3.05) is 13.2 Å². The second kappa shape index (κ2) is 4.15. The van der Waals surface area contributed by atoms with E-state index < -0.39 is 5.79 Å². The summed E-state index contributed by atoms with van der Waals surface area (Å²) in [6.45, 7) is 3.02. The van der Waals surface area contributed by atoms with Gasteiger partial charge in [-0.05, 0) is 19.8 Å². The number of Topliss-reactive ketones (excluding diaryl/α,β-unsaturated/α-hetero) is 1. The Morgan fingerprint density at radius 2 is 2.18 bits per heavy atom. The summed E-state index contributed by atoms with van der Waals surface area (Å²) >= 11 is 1.40. The summed E-state index contributed by atoms with van der Waals surface area (Å²) in [7, 11) is 0. The predicted octanol–water partition coefficient (Wildman–Crippen LogP) is 2.35. The molecule has 2 aliphatic rings. The second-order valence-electron chi connectivity index (χ2n) is 4.67. The molecule has 1 aliphatic carbocycles. The highest BCUT2D eigenvalue weighted by Crippen LogP contribution is 2.34. The lowest BCUT2D eigenvalue weighted by Crippen LogP contribution is -2.24. The molecule has 0 spiro atoms. The van der Waals surface area contributed by atoms with E-state index in [2.05, 4.69) is 4.98 Å². The molecule has 17 heavy (non-hydrogen) atoms. The highest BCUT2D eigenvalue weighted by molar-refractivity contribution is 7.11. The number of ketones is 1. The number of nitrogens with zero attached hydrogens (tertiary/aromatic N) is 1. The number of hydrogen-bond donors (Lipinski definition) is 0. The van der Waals surface area contributed by atoms with Gasteiger partial charge in [0.15, 0.2) is 10.8 Å². The van der Waals surface area contributed by atoms with Crippen molar-refractivity contribution < 1.29 is 14.3 Å². The van der Waals surface area contributed by atoms with Crippen molar-refractivity contribution in [1.29, 1.82) is 0 Å². The monoisotopic (exact) mass is 253 g/mol. The van der Waals surface area contributed by atoms with Crippen LogP contribution in [0.5, 0.6) is 0 Å². The van der Waals surface area contributed by atoms with Crippen molar-refractivity contribution in [1.82, 2.24) is 4.98 Å². The molecule has 5 heteroatoms. The molecule has 1 aromatic rings. The first-order valence-electron chi connectivity index (χ1n) is 5.97. The van der Waals surface area contributed by atoms with Gasteiger partial charge >= 0.3 is 0 Å². The lowest BCUT2D eigenvalue weighted by Gasteiger charge is -2.22. The number of aromatic nitrogens is 1. The zero-order valence-electron chi connectivity index (χ0n) is 9.77. The second-order valence-corrected chi connectivity index (χ2v) is 5.53.